The average molecular weight is 456 g/mol. The largest absolute Gasteiger partial charge is 0.450 e. The molecule has 0 spiro atoms. The summed E-state index contributed by atoms with van der Waals surface area (Å²) in [6.07, 6.45) is 2.03. The van der Waals surface area contributed by atoms with Gasteiger partial charge in [-0.1, -0.05) is 42.0 Å². The van der Waals surface area contributed by atoms with Crippen LogP contribution in [0.2, 0.25) is 0 Å². The van der Waals surface area contributed by atoms with E-state index in [4.69, 9.17) is 4.42 Å². The summed E-state index contributed by atoms with van der Waals surface area (Å²) in [4.78, 5) is 30.2. The Morgan fingerprint density at radius 1 is 0.909 bits per heavy atom. The van der Waals surface area contributed by atoms with Crippen molar-refractivity contribution in [3.63, 3.8) is 0 Å². The van der Waals surface area contributed by atoms with E-state index in [1.807, 2.05) is 87.7 Å². The Bertz CT molecular complexity index is 1440. The monoisotopic (exact) mass is 455 g/mol. The highest BCUT2D eigenvalue weighted by Gasteiger charge is 2.42. The van der Waals surface area contributed by atoms with Crippen LogP contribution in [0, 0.1) is 20.8 Å². The Morgan fingerprint density at radius 2 is 1.58 bits per heavy atom. The zero-order valence-corrected chi connectivity index (χ0v) is 20.0. The molecule has 1 amide bonds. The van der Waals surface area contributed by atoms with Gasteiger partial charge in [0.1, 0.15) is 5.58 Å². The number of hydrogen-bond donors (Lipinski definition) is 0. The minimum Gasteiger partial charge on any atom is -0.450 e. The lowest BCUT2D eigenvalue weighted by Crippen LogP contribution is -2.29. The first-order valence-electron chi connectivity index (χ1n) is 11.0. The molecule has 0 saturated heterocycles. The first-order valence-corrected chi connectivity index (χ1v) is 12.2. The van der Waals surface area contributed by atoms with E-state index in [2.05, 4.69) is 0 Å². The number of thioether (sulfide) groups is 1. The molecule has 5 heteroatoms. The minimum absolute atomic E-state index is 0.131. The molecule has 5 rings (SSSR count). The van der Waals surface area contributed by atoms with E-state index in [1.165, 1.54) is 0 Å². The second kappa shape index (κ2) is 8.23. The molecule has 1 aromatic heterocycles. The van der Waals surface area contributed by atoms with Gasteiger partial charge < -0.3 is 9.32 Å². The van der Waals surface area contributed by atoms with Crippen molar-refractivity contribution in [1.29, 1.82) is 0 Å². The summed E-state index contributed by atoms with van der Waals surface area (Å²) in [6.45, 7) is 6.39. The Morgan fingerprint density at radius 3 is 2.24 bits per heavy atom. The lowest BCUT2D eigenvalue weighted by Gasteiger charge is -2.25. The number of hydrogen-bond acceptors (Lipinski definition) is 4. The number of nitrogens with zero attached hydrogens (tertiary/aromatic N) is 1. The highest BCUT2D eigenvalue weighted by Crippen LogP contribution is 2.39. The van der Waals surface area contributed by atoms with Gasteiger partial charge in [-0.15, -0.1) is 11.8 Å². The van der Waals surface area contributed by atoms with Crippen molar-refractivity contribution in [1.82, 2.24) is 4.90 Å². The summed E-state index contributed by atoms with van der Waals surface area (Å²) in [5.41, 5.74) is 5.89. The van der Waals surface area contributed by atoms with E-state index in [1.54, 1.807) is 16.7 Å². The van der Waals surface area contributed by atoms with Gasteiger partial charge in [0.25, 0.3) is 5.91 Å². The van der Waals surface area contributed by atoms with Gasteiger partial charge in [-0.25, -0.2) is 0 Å². The van der Waals surface area contributed by atoms with Crippen LogP contribution in [0.4, 0.5) is 0 Å². The Balaban J connectivity index is 1.71. The number of amides is 1. The molecule has 0 aliphatic carbocycles. The molecule has 0 radical (unpaired) electrons. The number of rotatable bonds is 4. The van der Waals surface area contributed by atoms with Crippen molar-refractivity contribution in [3.05, 3.63) is 110 Å². The van der Waals surface area contributed by atoms with Crippen LogP contribution in [0.3, 0.4) is 0 Å². The molecule has 33 heavy (non-hydrogen) atoms. The molecule has 166 valence electrons. The molecule has 0 bridgehead atoms. The highest BCUT2D eigenvalue weighted by atomic mass is 32.2. The standard InChI is InChI=1S/C28H25NO3S/c1-16-5-7-19(8-6-16)15-29-25(20-9-11-21(33-4)12-10-20)24-26(30)22-13-17(2)18(3)14-23(22)32-27(24)28(29)31/h5-14,25H,15H2,1-4H3. The maximum absolute atomic E-state index is 13.7. The zero-order valence-electron chi connectivity index (χ0n) is 19.1. The SMILES string of the molecule is CSc1ccc(C2c3c(oc4cc(C)c(C)cc4c3=O)C(=O)N2Cc2ccc(C)cc2)cc1. The molecule has 3 aromatic carbocycles. The number of carbonyl (C=O) groups is 1. The summed E-state index contributed by atoms with van der Waals surface area (Å²) in [6, 6.07) is 19.4. The second-order valence-electron chi connectivity index (χ2n) is 8.70. The predicted molar refractivity (Wildman–Crippen MR) is 133 cm³/mol. The van der Waals surface area contributed by atoms with E-state index in [0.29, 0.717) is 23.1 Å². The topological polar surface area (TPSA) is 50.5 Å². The lowest BCUT2D eigenvalue weighted by molar-refractivity contribution is 0.0714. The second-order valence-corrected chi connectivity index (χ2v) is 9.58. The molecule has 1 atom stereocenters. The molecular formula is C28H25NO3S. The fraction of sp³-hybridized carbons (Fsp3) is 0.214. The van der Waals surface area contributed by atoms with Crippen molar-refractivity contribution in [2.75, 3.05) is 6.26 Å². The molecule has 0 saturated carbocycles. The van der Waals surface area contributed by atoms with E-state index >= 15 is 0 Å². The fourth-order valence-electron chi connectivity index (χ4n) is 4.46. The van der Waals surface area contributed by atoms with Gasteiger partial charge in [-0.2, -0.15) is 0 Å². The van der Waals surface area contributed by atoms with Crippen LogP contribution < -0.4 is 5.43 Å². The number of benzene rings is 3. The van der Waals surface area contributed by atoms with Crippen LogP contribution in [0.15, 0.2) is 74.8 Å². The smallest absolute Gasteiger partial charge is 0.291 e. The van der Waals surface area contributed by atoms with Crippen molar-refractivity contribution in [2.24, 2.45) is 0 Å². The molecule has 1 aliphatic rings. The summed E-state index contributed by atoms with van der Waals surface area (Å²) in [7, 11) is 0. The Kier molecular flexibility index (Phi) is 5.37. The molecule has 4 nitrogen and oxygen atoms in total. The summed E-state index contributed by atoms with van der Waals surface area (Å²) in [5, 5.41) is 0.521. The zero-order chi connectivity index (χ0) is 23.3. The van der Waals surface area contributed by atoms with Crippen LogP contribution in [-0.4, -0.2) is 17.1 Å². The molecule has 0 fully saturated rings. The van der Waals surface area contributed by atoms with Crippen LogP contribution in [0.1, 0.15) is 50.0 Å². The normalized spacial score (nSPS) is 15.3. The van der Waals surface area contributed by atoms with Crippen LogP contribution in [0.5, 0.6) is 0 Å². The average Bonchev–Trinajstić information content (AvgIpc) is 3.08. The molecule has 2 heterocycles. The van der Waals surface area contributed by atoms with E-state index in [9.17, 15) is 9.59 Å². The summed E-state index contributed by atoms with van der Waals surface area (Å²) < 4.78 is 6.12. The molecule has 1 unspecified atom stereocenters. The number of aryl methyl sites for hydroxylation is 3. The molecule has 1 aliphatic heterocycles. The van der Waals surface area contributed by atoms with Gasteiger partial charge in [0.05, 0.1) is 17.0 Å². The molecule has 0 N–H and O–H groups in total. The van der Waals surface area contributed by atoms with Crippen molar-refractivity contribution in [2.45, 2.75) is 38.3 Å². The lowest BCUT2D eigenvalue weighted by atomic mass is 9.97. The minimum atomic E-state index is -0.494. The quantitative estimate of drug-likeness (QED) is 0.345. The van der Waals surface area contributed by atoms with Crippen molar-refractivity contribution in [3.8, 4) is 0 Å². The van der Waals surface area contributed by atoms with E-state index in [-0.39, 0.29) is 17.1 Å². The fourth-order valence-corrected chi connectivity index (χ4v) is 4.87. The maximum Gasteiger partial charge on any atom is 0.291 e. The van der Waals surface area contributed by atoms with Gasteiger partial charge in [0, 0.05) is 11.4 Å². The summed E-state index contributed by atoms with van der Waals surface area (Å²) >= 11 is 1.66. The molecule has 4 aromatic rings. The third kappa shape index (κ3) is 3.66. The van der Waals surface area contributed by atoms with Gasteiger partial charge in [0.15, 0.2) is 5.43 Å². The number of fused-ring (bicyclic) bond motifs is 2. The third-order valence-corrected chi connectivity index (χ3v) is 7.23. The Hall–Kier alpha value is -3.31. The van der Waals surface area contributed by atoms with Gasteiger partial charge in [-0.3, -0.25) is 9.59 Å². The number of carbonyl (C=O) groups excluding carboxylic acids is 1. The Labute approximate surface area is 197 Å². The van der Waals surface area contributed by atoms with Gasteiger partial charge >= 0.3 is 0 Å². The third-order valence-electron chi connectivity index (χ3n) is 6.49. The highest BCUT2D eigenvalue weighted by molar-refractivity contribution is 7.98. The van der Waals surface area contributed by atoms with Crippen molar-refractivity contribution >= 4 is 28.6 Å². The predicted octanol–water partition coefficient (Wildman–Crippen LogP) is 6.19. The van der Waals surface area contributed by atoms with E-state index < -0.39 is 6.04 Å². The van der Waals surface area contributed by atoms with Crippen molar-refractivity contribution < 1.29 is 9.21 Å². The van der Waals surface area contributed by atoms with E-state index in [0.717, 1.165) is 32.7 Å². The van der Waals surface area contributed by atoms with Crippen LogP contribution >= 0.6 is 11.8 Å². The first-order chi connectivity index (χ1) is 15.9. The van der Waals surface area contributed by atoms with Gasteiger partial charge in [-0.05, 0) is 73.5 Å². The van der Waals surface area contributed by atoms with Gasteiger partial charge in [0.2, 0.25) is 5.76 Å². The molecular weight excluding hydrogens is 430 g/mol. The summed E-state index contributed by atoms with van der Waals surface area (Å²) in [5.74, 6) is -0.0939. The maximum atomic E-state index is 13.7. The van der Waals surface area contributed by atoms with Crippen LogP contribution in [-0.2, 0) is 6.54 Å². The van der Waals surface area contributed by atoms with Crippen LogP contribution in [0.25, 0.3) is 11.0 Å². The first kappa shape index (κ1) is 21.5.